The summed E-state index contributed by atoms with van der Waals surface area (Å²) in [5.74, 6) is -0.922. The van der Waals surface area contributed by atoms with Crippen molar-refractivity contribution in [3.63, 3.8) is 0 Å². The van der Waals surface area contributed by atoms with Crippen LogP contribution in [-0.4, -0.2) is 11.1 Å². The van der Waals surface area contributed by atoms with Gasteiger partial charge in [-0.3, -0.25) is 0 Å². The van der Waals surface area contributed by atoms with Crippen molar-refractivity contribution in [1.29, 1.82) is 0 Å². The molecule has 0 bridgehead atoms. The second-order valence-electron chi connectivity index (χ2n) is 3.98. The Bertz CT molecular complexity index is 616. The molecule has 2 aromatic rings. The molecule has 2 N–H and O–H groups in total. The lowest BCUT2D eigenvalue weighted by molar-refractivity contribution is 0.0697. The second kappa shape index (κ2) is 6.25. The number of nitrogens with one attached hydrogen (secondary N) is 1. The first kappa shape index (κ1) is 14.1. The Morgan fingerprint density at radius 1 is 1.26 bits per heavy atom. The van der Waals surface area contributed by atoms with E-state index in [0.717, 1.165) is 14.8 Å². The normalized spacial score (nSPS) is 10.2. The molecule has 98 valence electrons. The molecular formula is C14H11ClINO2. The molecule has 0 spiro atoms. The summed E-state index contributed by atoms with van der Waals surface area (Å²) in [7, 11) is 0. The van der Waals surface area contributed by atoms with Gasteiger partial charge in [0.1, 0.15) is 0 Å². The van der Waals surface area contributed by atoms with E-state index in [1.807, 2.05) is 24.3 Å². The molecule has 3 nitrogen and oxygen atoms in total. The third-order valence-corrected chi connectivity index (χ3v) is 3.57. The van der Waals surface area contributed by atoms with E-state index in [4.69, 9.17) is 16.7 Å². The monoisotopic (exact) mass is 387 g/mol. The van der Waals surface area contributed by atoms with Crippen molar-refractivity contribution < 1.29 is 9.90 Å². The van der Waals surface area contributed by atoms with Gasteiger partial charge in [-0.1, -0.05) is 23.7 Å². The topological polar surface area (TPSA) is 49.3 Å². The number of hydrogen-bond acceptors (Lipinski definition) is 2. The van der Waals surface area contributed by atoms with Gasteiger partial charge < -0.3 is 10.4 Å². The highest BCUT2D eigenvalue weighted by molar-refractivity contribution is 14.1. The zero-order valence-electron chi connectivity index (χ0n) is 9.86. The van der Waals surface area contributed by atoms with Crippen LogP contribution in [0.4, 0.5) is 5.69 Å². The van der Waals surface area contributed by atoms with Crippen LogP contribution in [0.3, 0.4) is 0 Å². The molecule has 0 saturated carbocycles. The maximum absolute atomic E-state index is 10.9. The summed E-state index contributed by atoms with van der Waals surface area (Å²) < 4.78 is 1.07. The van der Waals surface area contributed by atoms with E-state index in [2.05, 4.69) is 27.9 Å². The minimum absolute atomic E-state index is 0.285. The number of benzene rings is 2. The number of carboxylic acids is 1. The third kappa shape index (κ3) is 3.84. The summed E-state index contributed by atoms with van der Waals surface area (Å²) in [5.41, 5.74) is 2.02. The van der Waals surface area contributed by atoms with Crippen molar-refractivity contribution in [2.45, 2.75) is 6.54 Å². The van der Waals surface area contributed by atoms with Crippen molar-refractivity contribution in [3.05, 3.63) is 62.2 Å². The highest BCUT2D eigenvalue weighted by Crippen LogP contribution is 2.24. The fourth-order valence-electron chi connectivity index (χ4n) is 1.64. The van der Waals surface area contributed by atoms with E-state index >= 15 is 0 Å². The highest BCUT2D eigenvalue weighted by atomic mass is 127. The van der Waals surface area contributed by atoms with Crippen LogP contribution in [0.15, 0.2) is 42.5 Å². The van der Waals surface area contributed by atoms with Crippen LogP contribution in [0.5, 0.6) is 0 Å². The second-order valence-corrected chi connectivity index (χ2v) is 5.64. The molecule has 0 saturated heterocycles. The van der Waals surface area contributed by atoms with Gasteiger partial charge in [0.25, 0.3) is 0 Å². The zero-order valence-corrected chi connectivity index (χ0v) is 12.8. The number of carbonyl (C=O) groups is 1. The maximum atomic E-state index is 10.9. The molecule has 0 aromatic heterocycles. The molecule has 0 heterocycles. The Balaban J connectivity index is 2.10. The lowest BCUT2D eigenvalue weighted by Crippen LogP contribution is -2.02. The Morgan fingerprint density at radius 2 is 2.05 bits per heavy atom. The molecule has 5 heteroatoms. The van der Waals surface area contributed by atoms with Crippen LogP contribution < -0.4 is 5.32 Å². The molecule has 0 aliphatic rings. The quantitative estimate of drug-likeness (QED) is 0.771. The average molecular weight is 388 g/mol. The number of hydrogen-bond donors (Lipinski definition) is 2. The third-order valence-electron chi connectivity index (χ3n) is 2.59. The Hall–Kier alpha value is -1.27. The minimum atomic E-state index is -0.922. The van der Waals surface area contributed by atoms with E-state index in [-0.39, 0.29) is 5.56 Å². The van der Waals surface area contributed by atoms with E-state index in [1.54, 1.807) is 18.2 Å². The smallest absolute Gasteiger partial charge is 0.335 e. The fraction of sp³-hybridized carbons (Fsp3) is 0.0714. The number of aromatic carboxylic acids is 1. The molecule has 19 heavy (non-hydrogen) atoms. The highest BCUT2D eigenvalue weighted by Gasteiger charge is 2.04. The zero-order chi connectivity index (χ0) is 13.8. The van der Waals surface area contributed by atoms with Crippen molar-refractivity contribution >= 4 is 45.8 Å². The molecule has 0 unspecified atom stereocenters. The molecule has 2 rings (SSSR count). The predicted molar refractivity (Wildman–Crippen MR) is 84.9 cm³/mol. The van der Waals surface area contributed by atoms with E-state index in [1.165, 1.54) is 0 Å². The lowest BCUT2D eigenvalue weighted by atomic mass is 10.1. The van der Waals surface area contributed by atoms with Crippen LogP contribution in [0.1, 0.15) is 15.9 Å². The first-order valence-electron chi connectivity index (χ1n) is 5.57. The lowest BCUT2D eigenvalue weighted by Gasteiger charge is -2.09. The van der Waals surface area contributed by atoms with Crippen molar-refractivity contribution in [2.24, 2.45) is 0 Å². The Labute approximate surface area is 129 Å². The van der Waals surface area contributed by atoms with Gasteiger partial charge in [-0.15, -0.1) is 0 Å². The Kier molecular flexibility index (Phi) is 4.66. The van der Waals surface area contributed by atoms with E-state index in [0.29, 0.717) is 11.6 Å². The summed E-state index contributed by atoms with van der Waals surface area (Å²) in [6.45, 7) is 0.529. The van der Waals surface area contributed by atoms with Crippen LogP contribution in [0.2, 0.25) is 5.02 Å². The van der Waals surface area contributed by atoms with Gasteiger partial charge in [0.15, 0.2) is 0 Å². The van der Waals surface area contributed by atoms with Gasteiger partial charge in [0.2, 0.25) is 0 Å². The summed E-state index contributed by atoms with van der Waals surface area (Å²) >= 11 is 8.31. The van der Waals surface area contributed by atoms with Gasteiger partial charge >= 0.3 is 5.97 Å². The predicted octanol–water partition coefficient (Wildman–Crippen LogP) is 4.25. The van der Waals surface area contributed by atoms with Crippen LogP contribution in [-0.2, 0) is 6.54 Å². The van der Waals surface area contributed by atoms with Gasteiger partial charge in [0, 0.05) is 10.1 Å². The summed E-state index contributed by atoms with van der Waals surface area (Å²) in [6.07, 6.45) is 0. The molecular weight excluding hydrogens is 377 g/mol. The minimum Gasteiger partial charge on any atom is -0.478 e. The van der Waals surface area contributed by atoms with Crippen molar-refractivity contribution in [2.75, 3.05) is 5.32 Å². The van der Waals surface area contributed by atoms with Crippen molar-refractivity contribution in [1.82, 2.24) is 0 Å². The molecule has 0 amide bonds. The molecule has 2 aromatic carbocycles. The summed E-state index contributed by atoms with van der Waals surface area (Å²) in [5, 5.41) is 12.8. The van der Waals surface area contributed by atoms with Gasteiger partial charge in [-0.25, -0.2) is 4.79 Å². The largest absolute Gasteiger partial charge is 0.478 e. The van der Waals surface area contributed by atoms with Crippen LogP contribution >= 0.6 is 34.2 Å². The summed E-state index contributed by atoms with van der Waals surface area (Å²) in [4.78, 5) is 10.9. The average Bonchev–Trinajstić information content (AvgIpc) is 2.38. The first-order valence-corrected chi connectivity index (χ1v) is 7.03. The fourth-order valence-corrected chi connectivity index (χ4v) is 2.57. The molecule has 0 atom stereocenters. The van der Waals surface area contributed by atoms with Gasteiger partial charge in [-0.2, -0.15) is 0 Å². The SMILES string of the molecule is O=C(O)c1cccc(CNc2ccc(I)cc2Cl)c1. The van der Waals surface area contributed by atoms with Gasteiger partial charge in [-0.05, 0) is 58.5 Å². The molecule has 0 aliphatic carbocycles. The maximum Gasteiger partial charge on any atom is 0.335 e. The standard InChI is InChI=1S/C14H11ClINO2/c15-12-7-11(16)4-5-13(12)17-8-9-2-1-3-10(6-9)14(18)19/h1-7,17H,8H2,(H,18,19). The van der Waals surface area contributed by atoms with E-state index in [9.17, 15) is 4.79 Å². The molecule has 0 radical (unpaired) electrons. The number of anilines is 1. The first-order chi connectivity index (χ1) is 9.06. The molecule has 0 fully saturated rings. The molecule has 0 aliphatic heterocycles. The number of halogens is 2. The van der Waals surface area contributed by atoms with Crippen LogP contribution in [0.25, 0.3) is 0 Å². The van der Waals surface area contributed by atoms with Crippen molar-refractivity contribution in [3.8, 4) is 0 Å². The number of rotatable bonds is 4. The van der Waals surface area contributed by atoms with Gasteiger partial charge in [0.05, 0.1) is 16.3 Å². The number of carboxylic acid groups (broad SMARTS) is 1. The summed E-state index contributed by atoms with van der Waals surface area (Å²) in [6, 6.07) is 12.6. The van der Waals surface area contributed by atoms with E-state index < -0.39 is 5.97 Å². The Morgan fingerprint density at radius 3 is 2.74 bits per heavy atom. The van der Waals surface area contributed by atoms with Crippen LogP contribution in [0, 0.1) is 3.57 Å².